The first-order chi connectivity index (χ1) is 9.42. The minimum Gasteiger partial charge on any atom is -0.325 e. The molecule has 1 heterocycles. The van der Waals surface area contributed by atoms with Crippen molar-refractivity contribution in [3.63, 3.8) is 0 Å². The number of alkyl halides is 1. The first-order valence-electron chi connectivity index (χ1n) is 6.67. The van der Waals surface area contributed by atoms with Gasteiger partial charge in [-0.25, -0.2) is 8.42 Å². The monoisotopic (exact) mass is 359 g/mol. The van der Waals surface area contributed by atoms with Gasteiger partial charge in [-0.05, 0) is 31.4 Å². The third kappa shape index (κ3) is 3.41. The van der Waals surface area contributed by atoms with Crippen molar-refractivity contribution < 1.29 is 13.2 Å². The van der Waals surface area contributed by atoms with E-state index in [1.807, 2.05) is 25.1 Å². The molecule has 0 bridgehead atoms. The number of halogens is 1. The summed E-state index contributed by atoms with van der Waals surface area (Å²) in [7, 11) is -3.30. The number of sulfone groups is 1. The quantitative estimate of drug-likeness (QED) is 0.843. The second-order valence-electron chi connectivity index (χ2n) is 5.04. The topological polar surface area (TPSA) is 63.2 Å². The van der Waals surface area contributed by atoms with Crippen LogP contribution in [0.2, 0.25) is 0 Å². The van der Waals surface area contributed by atoms with Crippen LogP contribution in [0.25, 0.3) is 0 Å². The van der Waals surface area contributed by atoms with Crippen molar-refractivity contribution in [2.24, 2.45) is 0 Å². The molecule has 0 aliphatic carbocycles. The first-order valence-corrected chi connectivity index (χ1v) is 9.30. The molecule has 20 heavy (non-hydrogen) atoms. The highest BCUT2D eigenvalue weighted by Gasteiger charge is 2.35. The van der Waals surface area contributed by atoms with E-state index in [1.54, 1.807) is 6.07 Å². The average molecular weight is 360 g/mol. The summed E-state index contributed by atoms with van der Waals surface area (Å²) in [4.78, 5) is 12.3. The molecular weight excluding hydrogens is 342 g/mol. The summed E-state index contributed by atoms with van der Waals surface area (Å²) >= 11 is 3.47. The molecule has 4 nitrogen and oxygen atoms in total. The van der Waals surface area contributed by atoms with E-state index in [2.05, 4.69) is 21.2 Å². The number of benzene rings is 1. The molecule has 0 spiro atoms. The number of rotatable bonds is 3. The third-order valence-corrected chi connectivity index (χ3v) is 6.19. The van der Waals surface area contributed by atoms with Gasteiger partial charge in [-0.1, -0.05) is 40.5 Å². The minimum absolute atomic E-state index is 0.0852. The largest absolute Gasteiger partial charge is 0.325 e. The van der Waals surface area contributed by atoms with Crippen LogP contribution in [0.4, 0.5) is 5.69 Å². The minimum atomic E-state index is -3.30. The summed E-state index contributed by atoms with van der Waals surface area (Å²) < 4.78 is 23.9. The van der Waals surface area contributed by atoms with Crippen molar-refractivity contribution >= 4 is 37.4 Å². The Balaban J connectivity index is 2.20. The summed E-state index contributed by atoms with van der Waals surface area (Å²) in [6.07, 6.45) is 1.86. The Labute approximate surface area is 128 Å². The fraction of sp³-hybridized carbons (Fsp3) is 0.500. The lowest BCUT2D eigenvalue weighted by molar-refractivity contribution is -0.116. The molecule has 0 radical (unpaired) electrons. The molecule has 2 atom stereocenters. The molecule has 1 aromatic rings. The van der Waals surface area contributed by atoms with E-state index in [9.17, 15) is 13.2 Å². The van der Waals surface area contributed by atoms with Crippen LogP contribution in [0.1, 0.15) is 36.6 Å². The predicted molar refractivity (Wildman–Crippen MR) is 83.8 cm³/mol. The summed E-state index contributed by atoms with van der Waals surface area (Å²) in [6, 6.07) is 7.41. The second kappa shape index (κ2) is 6.26. The lowest BCUT2D eigenvalue weighted by Gasteiger charge is -2.22. The number of para-hydroxylation sites is 1. The maximum Gasteiger partial charge on any atom is 0.242 e. The molecular formula is C14H18BrNO3S. The van der Waals surface area contributed by atoms with E-state index in [0.717, 1.165) is 12.0 Å². The molecule has 1 aliphatic rings. The molecule has 6 heteroatoms. The van der Waals surface area contributed by atoms with Gasteiger partial charge in [0.05, 0.1) is 5.75 Å². The van der Waals surface area contributed by atoms with Gasteiger partial charge in [-0.15, -0.1) is 0 Å². The Morgan fingerprint density at radius 3 is 2.70 bits per heavy atom. The van der Waals surface area contributed by atoms with Crippen LogP contribution in [0.3, 0.4) is 0 Å². The third-order valence-electron chi connectivity index (χ3n) is 3.52. The zero-order chi connectivity index (χ0) is 14.8. The fourth-order valence-electron chi connectivity index (χ4n) is 2.42. The standard InChI is InChI=1S/C14H18BrNO3S/c1-10(15)11-6-2-3-7-12(11)16-14(17)13-8-4-5-9-20(13,18)19/h2-3,6-7,10,13H,4-5,8-9H2,1H3,(H,16,17). The number of hydrogen-bond acceptors (Lipinski definition) is 3. The van der Waals surface area contributed by atoms with Crippen molar-refractivity contribution in [3.05, 3.63) is 29.8 Å². The van der Waals surface area contributed by atoms with Gasteiger partial charge in [0.15, 0.2) is 9.84 Å². The molecule has 1 aromatic carbocycles. The molecule has 1 fully saturated rings. The number of carbonyl (C=O) groups is 1. The smallest absolute Gasteiger partial charge is 0.242 e. The van der Waals surface area contributed by atoms with E-state index >= 15 is 0 Å². The predicted octanol–water partition coefficient (Wildman–Crippen LogP) is 3.05. The Kier molecular flexibility index (Phi) is 4.86. The van der Waals surface area contributed by atoms with E-state index < -0.39 is 21.0 Å². The van der Waals surface area contributed by atoms with Gasteiger partial charge < -0.3 is 5.32 Å². The van der Waals surface area contributed by atoms with Gasteiger partial charge in [0.25, 0.3) is 0 Å². The number of anilines is 1. The molecule has 2 rings (SSSR count). The zero-order valence-electron chi connectivity index (χ0n) is 11.3. The van der Waals surface area contributed by atoms with E-state index in [0.29, 0.717) is 18.5 Å². The molecule has 1 amide bonds. The van der Waals surface area contributed by atoms with Crippen LogP contribution >= 0.6 is 15.9 Å². The number of hydrogen-bond donors (Lipinski definition) is 1. The van der Waals surface area contributed by atoms with E-state index in [4.69, 9.17) is 0 Å². The fourth-order valence-corrected chi connectivity index (χ4v) is 4.62. The Morgan fingerprint density at radius 2 is 2.05 bits per heavy atom. The van der Waals surface area contributed by atoms with E-state index in [-0.39, 0.29) is 10.6 Å². The lowest BCUT2D eigenvalue weighted by Crippen LogP contribution is -2.39. The molecule has 0 aromatic heterocycles. The molecule has 1 saturated heterocycles. The van der Waals surface area contributed by atoms with Crippen molar-refractivity contribution in [3.8, 4) is 0 Å². The summed E-state index contributed by atoms with van der Waals surface area (Å²) in [5.74, 6) is -0.299. The van der Waals surface area contributed by atoms with Crippen LogP contribution in [0.15, 0.2) is 24.3 Å². The maximum atomic E-state index is 12.3. The molecule has 2 unspecified atom stereocenters. The van der Waals surface area contributed by atoms with Crippen LogP contribution in [0, 0.1) is 0 Å². The molecule has 1 aliphatic heterocycles. The first kappa shape index (κ1) is 15.5. The van der Waals surface area contributed by atoms with Crippen LogP contribution in [-0.4, -0.2) is 25.3 Å². The molecule has 0 saturated carbocycles. The second-order valence-corrected chi connectivity index (χ2v) is 8.72. The van der Waals surface area contributed by atoms with Crippen LogP contribution in [-0.2, 0) is 14.6 Å². The van der Waals surface area contributed by atoms with Crippen molar-refractivity contribution in [1.29, 1.82) is 0 Å². The van der Waals surface area contributed by atoms with Crippen molar-refractivity contribution in [1.82, 2.24) is 0 Å². The Bertz CT molecular complexity index is 598. The number of carbonyl (C=O) groups excluding carboxylic acids is 1. The highest BCUT2D eigenvalue weighted by Crippen LogP contribution is 2.29. The molecule has 110 valence electrons. The van der Waals surface area contributed by atoms with Gasteiger partial charge >= 0.3 is 0 Å². The highest BCUT2D eigenvalue weighted by molar-refractivity contribution is 9.09. The summed E-state index contributed by atoms with van der Waals surface area (Å²) in [6.45, 7) is 1.96. The maximum absolute atomic E-state index is 12.3. The van der Waals surface area contributed by atoms with Crippen molar-refractivity contribution in [2.45, 2.75) is 36.3 Å². The Hall–Kier alpha value is -0.880. The van der Waals surface area contributed by atoms with Crippen LogP contribution in [0.5, 0.6) is 0 Å². The zero-order valence-corrected chi connectivity index (χ0v) is 13.7. The number of nitrogens with one attached hydrogen (secondary N) is 1. The van der Waals surface area contributed by atoms with Gasteiger partial charge in [-0.2, -0.15) is 0 Å². The Morgan fingerprint density at radius 1 is 1.35 bits per heavy atom. The van der Waals surface area contributed by atoms with Gasteiger partial charge in [0.2, 0.25) is 5.91 Å². The average Bonchev–Trinajstić information content (AvgIpc) is 2.38. The van der Waals surface area contributed by atoms with Gasteiger partial charge in [0.1, 0.15) is 5.25 Å². The summed E-state index contributed by atoms with van der Waals surface area (Å²) in [5, 5.41) is 1.86. The highest BCUT2D eigenvalue weighted by atomic mass is 79.9. The SMILES string of the molecule is CC(Br)c1ccccc1NC(=O)C1CCCCS1(=O)=O. The van der Waals surface area contributed by atoms with Gasteiger partial charge in [-0.3, -0.25) is 4.79 Å². The normalized spacial score (nSPS) is 23.0. The molecule has 1 N–H and O–H groups in total. The van der Waals surface area contributed by atoms with Crippen LogP contribution < -0.4 is 5.32 Å². The van der Waals surface area contributed by atoms with E-state index in [1.165, 1.54) is 0 Å². The number of amides is 1. The van der Waals surface area contributed by atoms with Crippen molar-refractivity contribution in [2.75, 3.05) is 11.1 Å². The summed E-state index contributed by atoms with van der Waals surface area (Å²) in [5.41, 5.74) is 1.61. The lowest BCUT2D eigenvalue weighted by atomic mass is 10.1. The van der Waals surface area contributed by atoms with Gasteiger partial charge in [0, 0.05) is 10.5 Å².